The summed E-state index contributed by atoms with van der Waals surface area (Å²) in [5.41, 5.74) is 0.908. The highest BCUT2D eigenvalue weighted by Crippen LogP contribution is 2.23. The number of amides is 1. The number of benzene rings is 1. The fourth-order valence-corrected chi connectivity index (χ4v) is 3.26. The lowest BCUT2D eigenvalue weighted by Crippen LogP contribution is -2.47. The van der Waals surface area contributed by atoms with Crippen LogP contribution in [0.25, 0.3) is 0 Å². The molecular weight excluding hydrogens is 319 g/mol. The average Bonchev–Trinajstić information content (AvgIpc) is 2.50. The summed E-state index contributed by atoms with van der Waals surface area (Å²) in [6, 6.07) is 6.30. The predicted molar refractivity (Wildman–Crippen MR) is 92.7 cm³/mol. The van der Waals surface area contributed by atoms with E-state index in [1.165, 1.54) is 0 Å². The van der Waals surface area contributed by atoms with Crippen LogP contribution in [-0.4, -0.2) is 47.9 Å². The number of likely N-dealkylation sites (N-methyl/N-ethyl adjacent to an activating group) is 1. The van der Waals surface area contributed by atoms with Gasteiger partial charge in [0.2, 0.25) is 5.91 Å². The van der Waals surface area contributed by atoms with E-state index < -0.39 is 0 Å². The van der Waals surface area contributed by atoms with Crippen molar-refractivity contribution in [2.45, 2.75) is 45.2 Å². The molecule has 1 amide bonds. The molecule has 5 heteroatoms. The van der Waals surface area contributed by atoms with E-state index in [2.05, 4.69) is 18.7 Å². The molecule has 0 saturated carbocycles. The van der Waals surface area contributed by atoms with Gasteiger partial charge in [-0.3, -0.25) is 4.79 Å². The monoisotopic (exact) mass is 342 g/mol. The molecule has 1 aromatic carbocycles. The van der Waals surface area contributed by atoms with E-state index >= 15 is 0 Å². The Labute approximate surface area is 143 Å². The summed E-state index contributed by atoms with van der Waals surface area (Å²) in [5.74, 6) is 0.140. The molecule has 1 aromatic rings. The first-order valence-corrected chi connectivity index (χ1v) is 8.57. The van der Waals surface area contributed by atoms with Crippen molar-refractivity contribution in [2.75, 3.05) is 20.1 Å². The Kier molecular flexibility index (Phi) is 6.13. The molecule has 0 atom stereocenters. The topological polar surface area (TPSA) is 23.6 Å². The second kappa shape index (κ2) is 7.67. The third-order valence-corrected chi connectivity index (χ3v) is 5.25. The number of carbonyl (C=O) groups is 1. The van der Waals surface area contributed by atoms with Crippen molar-refractivity contribution in [1.82, 2.24) is 9.80 Å². The van der Waals surface area contributed by atoms with Crippen molar-refractivity contribution in [3.63, 3.8) is 0 Å². The van der Waals surface area contributed by atoms with E-state index in [-0.39, 0.29) is 5.91 Å². The molecule has 22 heavy (non-hydrogen) atoms. The van der Waals surface area contributed by atoms with Crippen LogP contribution in [0.1, 0.15) is 32.3 Å². The van der Waals surface area contributed by atoms with Crippen LogP contribution in [0, 0.1) is 0 Å². The van der Waals surface area contributed by atoms with Gasteiger partial charge < -0.3 is 9.80 Å². The van der Waals surface area contributed by atoms with E-state index in [0.717, 1.165) is 31.5 Å². The lowest BCUT2D eigenvalue weighted by Gasteiger charge is -2.38. The number of piperidine rings is 1. The molecule has 3 nitrogen and oxygen atoms in total. The zero-order chi connectivity index (χ0) is 16.3. The molecule has 0 N–H and O–H groups in total. The minimum absolute atomic E-state index is 0.140. The van der Waals surface area contributed by atoms with E-state index in [4.69, 9.17) is 23.2 Å². The molecule has 0 bridgehead atoms. The Morgan fingerprint density at radius 1 is 1.27 bits per heavy atom. The van der Waals surface area contributed by atoms with Crippen LogP contribution in [-0.2, 0) is 11.2 Å². The molecule has 2 rings (SSSR count). The average molecular weight is 343 g/mol. The molecule has 1 fully saturated rings. The second-order valence-corrected chi connectivity index (χ2v) is 7.11. The zero-order valence-corrected chi connectivity index (χ0v) is 15.0. The molecule has 1 heterocycles. The van der Waals surface area contributed by atoms with Gasteiger partial charge >= 0.3 is 0 Å². The number of likely N-dealkylation sites (tertiary alicyclic amines) is 1. The summed E-state index contributed by atoms with van der Waals surface area (Å²) in [5, 5.41) is 1.02. The van der Waals surface area contributed by atoms with Crippen LogP contribution in [0.15, 0.2) is 18.2 Å². The Hall–Kier alpha value is -0.770. The fourth-order valence-electron chi connectivity index (χ4n) is 2.94. The summed E-state index contributed by atoms with van der Waals surface area (Å²) < 4.78 is 0. The lowest BCUT2D eigenvalue weighted by atomic mass is 10.0. The van der Waals surface area contributed by atoms with Gasteiger partial charge in [-0.05, 0) is 44.4 Å². The van der Waals surface area contributed by atoms with Crippen molar-refractivity contribution in [3.05, 3.63) is 33.8 Å². The first kappa shape index (κ1) is 17.6. The van der Waals surface area contributed by atoms with Gasteiger partial charge in [0.1, 0.15) is 0 Å². The molecule has 0 radical (unpaired) electrons. The van der Waals surface area contributed by atoms with Gasteiger partial charge in [-0.15, -0.1) is 0 Å². The highest BCUT2D eigenvalue weighted by atomic mass is 35.5. The Morgan fingerprint density at radius 3 is 2.45 bits per heavy atom. The summed E-state index contributed by atoms with van der Waals surface area (Å²) in [6.07, 6.45) is 2.46. The molecule has 0 aliphatic carbocycles. The van der Waals surface area contributed by atoms with Crippen LogP contribution >= 0.6 is 23.2 Å². The van der Waals surface area contributed by atoms with Crippen molar-refractivity contribution < 1.29 is 4.79 Å². The third-order valence-electron chi connectivity index (χ3n) is 4.51. The Balaban J connectivity index is 1.91. The largest absolute Gasteiger partial charge is 0.342 e. The second-order valence-electron chi connectivity index (χ2n) is 6.29. The lowest BCUT2D eigenvalue weighted by molar-refractivity contribution is -0.132. The summed E-state index contributed by atoms with van der Waals surface area (Å²) in [6.45, 7) is 6.57. The third kappa shape index (κ3) is 4.37. The summed E-state index contributed by atoms with van der Waals surface area (Å²) in [4.78, 5) is 16.8. The van der Waals surface area contributed by atoms with Gasteiger partial charge in [0.05, 0.1) is 16.5 Å². The Morgan fingerprint density at radius 2 is 1.91 bits per heavy atom. The van der Waals surface area contributed by atoms with Gasteiger partial charge in [0.15, 0.2) is 0 Å². The first-order valence-electron chi connectivity index (χ1n) is 7.82. The highest BCUT2D eigenvalue weighted by Gasteiger charge is 2.26. The van der Waals surface area contributed by atoms with E-state index in [1.807, 2.05) is 18.0 Å². The smallest absolute Gasteiger partial charge is 0.226 e. The number of hydrogen-bond acceptors (Lipinski definition) is 2. The van der Waals surface area contributed by atoms with Gasteiger partial charge in [-0.1, -0.05) is 29.3 Å². The molecule has 1 aliphatic heterocycles. The Bertz CT molecular complexity index is 525. The fraction of sp³-hybridized carbons (Fsp3) is 0.588. The molecule has 1 aliphatic rings. The van der Waals surface area contributed by atoms with Crippen LogP contribution < -0.4 is 0 Å². The number of hydrogen-bond donors (Lipinski definition) is 0. The molecule has 1 saturated heterocycles. The number of rotatable bonds is 4. The first-order chi connectivity index (χ1) is 10.4. The van der Waals surface area contributed by atoms with Gasteiger partial charge in [-0.25, -0.2) is 0 Å². The molecule has 0 aromatic heterocycles. The SMILES string of the molecule is CC(C)N1CCC(N(C)C(=O)Cc2ccc(Cl)c(Cl)c2)CC1. The van der Waals surface area contributed by atoms with Crippen molar-refractivity contribution >= 4 is 29.1 Å². The maximum Gasteiger partial charge on any atom is 0.226 e. The normalized spacial score (nSPS) is 17.0. The van der Waals surface area contributed by atoms with Crippen LogP contribution in [0.5, 0.6) is 0 Å². The van der Waals surface area contributed by atoms with Crippen molar-refractivity contribution in [3.8, 4) is 0 Å². The maximum atomic E-state index is 12.5. The quantitative estimate of drug-likeness (QED) is 0.829. The van der Waals surface area contributed by atoms with E-state index in [1.54, 1.807) is 12.1 Å². The van der Waals surface area contributed by atoms with Gasteiger partial charge in [0.25, 0.3) is 0 Å². The summed E-state index contributed by atoms with van der Waals surface area (Å²) in [7, 11) is 1.91. The maximum absolute atomic E-state index is 12.5. The molecule has 0 spiro atoms. The standard InChI is InChI=1S/C17H24Cl2N2O/c1-12(2)21-8-6-14(7-9-21)20(3)17(22)11-13-4-5-15(18)16(19)10-13/h4-5,10,12,14H,6-9,11H2,1-3H3. The minimum atomic E-state index is 0.140. The highest BCUT2D eigenvalue weighted by molar-refractivity contribution is 6.42. The molecular formula is C17H24Cl2N2O. The molecule has 122 valence electrons. The minimum Gasteiger partial charge on any atom is -0.342 e. The van der Waals surface area contributed by atoms with Crippen LogP contribution in [0.2, 0.25) is 10.0 Å². The van der Waals surface area contributed by atoms with E-state index in [0.29, 0.717) is 28.5 Å². The number of nitrogens with zero attached hydrogens (tertiary/aromatic N) is 2. The van der Waals surface area contributed by atoms with E-state index in [9.17, 15) is 4.79 Å². The molecule has 0 unspecified atom stereocenters. The number of halogens is 2. The summed E-state index contributed by atoms with van der Waals surface area (Å²) >= 11 is 11.9. The predicted octanol–water partition coefficient (Wildman–Crippen LogP) is 3.87. The zero-order valence-electron chi connectivity index (χ0n) is 13.5. The van der Waals surface area contributed by atoms with Crippen LogP contribution in [0.4, 0.5) is 0 Å². The number of carbonyl (C=O) groups excluding carboxylic acids is 1. The van der Waals surface area contributed by atoms with Crippen molar-refractivity contribution in [2.24, 2.45) is 0 Å². The van der Waals surface area contributed by atoms with Crippen molar-refractivity contribution in [1.29, 1.82) is 0 Å². The van der Waals surface area contributed by atoms with Crippen LogP contribution in [0.3, 0.4) is 0 Å². The van der Waals surface area contributed by atoms with Gasteiger partial charge in [0, 0.05) is 32.2 Å². The van der Waals surface area contributed by atoms with Gasteiger partial charge in [-0.2, -0.15) is 0 Å².